The number of methoxy groups -OCH3 is 1. The second-order valence-corrected chi connectivity index (χ2v) is 18.5. The minimum Gasteiger partial charge on any atom is -0.507 e. The SMILES string of the molecule is COc1ccc(-c2cc(CCCNC(=O)[C@H](Cc3ccc(OC(C)(C)C)cc3)NC(=O)OC(C)(C)C)c(/C=C3\SC(=S)N([C@H]4C[C@H]5CC[C@H]4C5)C3=O)o2)c(O)c1. The zero-order valence-electron chi connectivity index (χ0n) is 33.2. The van der Waals surface area contributed by atoms with Crippen LogP contribution in [-0.2, 0) is 27.2 Å². The zero-order valence-corrected chi connectivity index (χ0v) is 34.9. The summed E-state index contributed by atoms with van der Waals surface area (Å²) in [6.07, 6.45) is 6.83. The van der Waals surface area contributed by atoms with E-state index >= 15 is 0 Å². The third-order valence-electron chi connectivity index (χ3n) is 10.1. The van der Waals surface area contributed by atoms with Crippen LogP contribution in [0.25, 0.3) is 17.4 Å². The molecule has 2 bridgehead atoms. The highest BCUT2D eigenvalue weighted by atomic mass is 32.2. The second kappa shape index (κ2) is 16.9. The summed E-state index contributed by atoms with van der Waals surface area (Å²) in [7, 11) is 1.53. The molecule has 2 aromatic carbocycles. The van der Waals surface area contributed by atoms with Gasteiger partial charge >= 0.3 is 6.09 Å². The highest BCUT2D eigenvalue weighted by molar-refractivity contribution is 8.26. The number of rotatable bonds is 13. The molecule has 2 saturated carbocycles. The molecule has 0 unspecified atom stereocenters. The third kappa shape index (κ3) is 10.3. The van der Waals surface area contributed by atoms with Gasteiger partial charge in [-0.25, -0.2) is 4.79 Å². The summed E-state index contributed by atoms with van der Waals surface area (Å²) in [5.41, 5.74) is 1.02. The van der Waals surface area contributed by atoms with E-state index in [0.29, 0.717) is 69.0 Å². The number of nitrogens with one attached hydrogen (secondary N) is 2. The van der Waals surface area contributed by atoms with Gasteiger partial charge in [0, 0.05) is 31.1 Å². The van der Waals surface area contributed by atoms with Crippen LogP contribution in [0.2, 0.25) is 0 Å². The van der Waals surface area contributed by atoms with Crippen LogP contribution in [0.1, 0.15) is 90.5 Å². The van der Waals surface area contributed by atoms with Crippen LogP contribution >= 0.6 is 24.0 Å². The fraction of sp³-hybridized carbons (Fsp3) is 0.488. The van der Waals surface area contributed by atoms with E-state index in [1.165, 1.54) is 31.4 Å². The average Bonchev–Trinajstić information content (AvgIpc) is 3.90. The number of thiocarbonyl (C=S) groups is 1. The van der Waals surface area contributed by atoms with E-state index in [9.17, 15) is 19.5 Å². The van der Waals surface area contributed by atoms with E-state index in [1.54, 1.807) is 39.0 Å². The van der Waals surface area contributed by atoms with Crippen molar-refractivity contribution in [2.75, 3.05) is 13.7 Å². The summed E-state index contributed by atoms with van der Waals surface area (Å²) in [5.74, 6) is 2.83. The number of furan rings is 1. The van der Waals surface area contributed by atoms with E-state index in [2.05, 4.69) is 10.6 Å². The standard InChI is InChI=1S/C43H53N3O8S2/c1-42(2,3)53-29-14-11-25(12-15-29)20-32(45-40(50)54-43(4,5)6)38(48)44-18-8-9-28-22-36(31-17-16-30(51-7)23-34(31)47)52-35(28)24-37-39(49)46(41(55)56-37)33-21-26-10-13-27(33)19-26/h11-12,14-17,22-24,26-27,32-33,47H,8-10,13,18-21H2,1-7H3,(H,44,48)(H,45,50)/b37-24-/t26-,27-,32-,33-/m0/s1. The lowest BCUT2D eigenvalue weighted by atomic mass is 9.94. The Kier molecular flexibility index (Phi) is 12.4. The van der Waals surface area contributed by atoms with Crippen LogP contribution < -0.4 is 20.1 Å². The van der Waals surface area contributed by atoms with Crippen molar-refractivity contribution >= 4 is 52.3 Å². The Bertz CT molecular complexity index is 1980. The lowest BCUT2D eigenvalue weighted by Crippen LogP contribution is -2.49. The monoisotopic (exact) mass is 803 g/mol. The summed E-state index contributed by atoms with van der Waals surface area (Å²) in [6, 6.07) is 13.5. The Morgan fingerprint density at radius 1 is 1.04 bits per heavy atom. The molecule has 13 heteroatoms. The van der Waals surface area contributed by atoms with Crippen molar-refractivity contribution < 1.29 is 38.1 Å². The summed E-state index contributed by atoms with van der Waals surface area (Å²) in [4.78, 5) is 42.6. The molecule has 300 valence electrons. The maximum absolute atomic E-state index is 13.8. The van der Waals surface area contributed by atoms with Crippen LogP contribution in [0, 0.1) is 11.8 Å². The van der Waals surface area contributed by atoms with Crippen LogP contribution in [-0.4, -0.2) is 69.2 Å². The van der Waals surface area contributed by atoms with Gasteiger partial charge in [-0.2, -0.15) is 0 Å². The van der Waals surface area contributed by atoms with Crippen molar-refractivity contribution in [3.63, 3.8) is 0 Å². The minimum atomic E-state index is -0.898. The van der Waals surface area contributed by atoms with Gasteiger partial charge in [-0.1, -0.05) is 42.5 Å². The third-order valence-corrected chi connectivity index (χ3v) is 11.5. The highest BCUT2D eigenvalue weighted by Gasteiger charge is 2.48. The number of nitrogens with zero attached hydrogens (tertiary/aromatic N) is 1. The topological polar surface area (TPSA) is 140 Å². The van der Waals surface area contributed by atoms with Crippen molar-refractivity contribution in [1.29, 1.82) is 0 Å². The van der Waals surface area contributed by atoms with Gasteiger partial charge in [-0.15, -0.1) is 0 Å². The predicted octanol–water partition coefficient (Wildman–Crippen LogP) is 8.41. The van der Waals surface area contributed by atoms with E-state index in [-0.39, 0.29) is 35.6 Å². The number of carbonyl (C=O) groups is 3. The molecule has 1 aliphatic heterocycles. The van der Waals surface area contributed by atoms with Crippen molar-refractivity contribution in [3.05, 3.63) is 70.3 Å². The van der Waals surface area contributed by atoms with Crippen molar-refractivity contribution in [1.82, 2.24) is 15.5 Å². The molecular formula is C43H53N3O8S2. The number of benzene rings is 2. The molecule has 0 spiro atoms. The number of fused-ring (bicyclic) bond motifs is 2. The van der Waals surface area contributed by atoms with Crippen molar-refractivity contribution in [2.45, 2.75) is 110 Å². The smallest absolute Gasteiger partial charge is 0.408 e. The molecular weight excluding hydrogens is 751 g/mol. The first kappa shape index (κ1) is 41.2. The van der Waals surface area contributed by atoms with E-state index in [4.69, 9.17) is 30.8 Å². The number of hydrogen-bond acceptors (Lipinski definition) is 10. The molecule has 2 aliphatic carbocycles. The Morgan fingerprint density at radius 2 is 1.77 bits per heavy atom. The summed E-state index contributed by atoms with van der Waals surface area (Å²) < 4.78 is 23.6. The van der Waals surface area contributed by atoms with Crippen LogP contribution in [0.5, 0.6) is 17.2 Å². The van der Waals surface area contributed by atoms with Crippen molar-refractivity contribution in [2.24, 2.45) is 11.8 Å². The molecule has 1 aromatic heterocycles. The van der Waals surface area contributed by atoms with Gasteiger partial charge in [0.1, 0.15) is 50.3 Å². The Hall–Kier alpha value is -4.49. The molecule has 3 amide bonds. The minimum absolute atomic E-state index is 0.00836. The Labute approximate surface area is 338 Å². The quantitative estimate of drug-likeness (QED) is 0.0877. The van der Waals surface area contributed by atoms with Gasteiger partial charge in [0.05, 0.1) is 17.6 Å². The first-order valence-electron chi connectivity index (χ1n) is 19.3. The number of ether oxygens (including phenoxy) is 3. The molecule has 3 fully saturated rings. The molecule has 3 aliphatic rings. The van der Waals surface area contributed by atoms with Gasteiger partial charge in [0.25, 0.3) is 5.91 Å². The fourth-order valence-electron chi connectivity index (χ4n) is 7.71. The van der Waals surface area contributed by atoms with Gasteiger partial charge in [-0.3, -0.25) is 14.5 Å². The average molecular weight is 804 g/mol. The molecule has 4 atom stereocenters. The number of aromatic hydroxyl groups is 1. The van der Waals surface area contributed by atoms with Crippen LogP contribution in [0.15, 0.2) is 57.9 Å². The van der Waals surface area contributed by atoms with Crippen LogP contribution in [0.4, 0.5) is 4.79 Å². The zero-order chi connectivity index (χ0) is 40.4. The van der Waals surface area contributed by atoms with E-state index < -0.39 is 17.7 Å². The van der Waals surface area contributed by atoms with Crippen LogP contribution in [0.3, 0.4) is 0 Å². The highest BCUT2D eigenvalue weighted by Crippen LogP contribution is 2.49. The number of carbonyl (C=O) groups excluding carboxylic acids is 3. The number of aryl methyl sites for hydroxylation is 1. The maximum Gasteiger partial charge on any atom is 0.408 e. The van der Waals surface area contributed by atoms with Gasteiger partial charge in [0.15, 0.2) is 0 Å². The first-order valence-corrected chi connectivity index (χ1v) is 20.5. The molecule has 56 heavy (non-hydrogen) atoms. The van der Waals surface area contributed by atoms with Gasteiger partial charge in [0.2, 0.25) is 5.91 Å². The first-order chi connectivity index (χ1) is 26.5. The molecule has 3 aromatic rings. The van der Waals surface area contributed by atoms with E-state index in [1.807, 2.05) is 56.0 Å². The molecule has 1 saturated heterocycles. The van der Waals surface area contributed by atoms with Crippen molar-refractivity contribution in [3.8, 4) is 28.6 Å². The summed E-state index contributed by atoms with van der Waals surface area (Å²) in [5, 5.41) is 16.6. The Balaban J connectivity index is 1.17. The molecule has 3 N–H and O–H groups in total. The van der Waals surface area contributed by atoms with Gasteiger partial charge < -0.3 is 34.4 Å². The number of phenols is 1. The maximum atomic E-state index is 13.8. The summed E-state index contributed by atoms with van der Waals surface area (Å²) in [6.45, 7) is 11.5. The predicted molar refractivity (Wildman–Crippen MR) is 222 cm³/mol. The molecule has 2 heterocycles. The number of thioether (sulfide) groups is 1. The normalized spacial score (nSPS) is 20.7. The van der Waals surface area contributed by atoms with Gasteiger partial charge in [-0.05, 0) is 127 Å². The molecule has 0 radical (unpaired) electrons. The molecule has 11 nitrogen and oxygen atoms in total. The fourth-order valence-corrected chi connectivity index (χ4v) is 9.05. The summed E-state index contributed by atoms with van der Waals surface area (Å²) >= 11 is 7.03. The Morgan fingerprint density at radius 3 is 2.39 bits per heavy atom. The number of alkyl carbamates (subject to hydrolysis) is 1. The largest absolute Gasteiger partial charge is 0.507 e. The number of amides is 3. The molecule has 6 rings (SSSR count). The second-order valence-electron chi connectivity index (χ2n) is 16.8. The number of phenolic OH excluding ortho intramolecular Hbond substituents is 1. The lowest BCUT2D eigenvalue weighted by molar-refractivity contribution is -0.124. The number of hydrogen-bond donors (Lipinski definition) is 3. The lowest BCUT2D eigenvalue weighted by Gasteiger charge is -2.30. The van der Waals surface area contributed by atoms with E-state index in [0.717, 1.165) is 30.4 Å².